The van der Waals surface area contributed by atoms with E-state index in [0.717, 1.165) is 6.20 Å². The number of halogens is 3. The van der Waals surface area contributed by atoms with Crippen molar-refractivity contribution in [3.05, 3.63) is 40.4 Å². The minimum Gasteiger partial charge on any atom is -0.319 e. The first-order chi connectivity index (χ1) is 7.98. The molecular weight excluding hydrogens is 253 g/mol. The van der Waals surface area contributed by atoms with Gasteiger partial charge in [-0.25, -0.2) is 15.0 Å². The maximum absolute atomic E-state index is 12.3. The first kappa shape index (κ1) is 11.9. The maximum atomic E-state index is 12.3. The molecule has 0 bridgehead atoms. The zero-order chi connectivity index (χ0) is 12.5. The Morgan fingerprint density at radius 3 is 2.35 bits per heavy atom. The van der Waals surface area contributed by atoms with Gasteiger partial charge in [-0.1, -0.05) is 0 Å². The lowest BCUT2D eigenvalue weighted by molar-refractivity contribution is -0.137. The van der Waals surface area contributed by atoms with Gasteiger partial charge in [-0.3, -0.25) is 0 Å². The van der Waals surface area contributed by atoms with Crippen LogP contribution in [0.3, 0.4) is 0 Å². The minimum absolute atomic E-state index is 0.326. The van der Waals surface area contributed by atoms with Crippen molar-refractivity contribution in [1.29, 1.82) is 0 Å². The number of thiazole rings is 1. The molecule has 8 heteroatoms. The molecule has 1 unspecified atom stereocenters. The second kappa shape index (κ2) is 4.38. The first-order valence-corrected chi connectivity index (χ1v) is 5.33. The summed E-state index contributed by atoms with van der Waals surface area (Å²) in [5, 5.41) is -0.903. The third-order valence-corrected chi connectivity index (χ3v) is 3.14. The van der Waals surface area contributed by atoms with Crippen LogP contribution in [-0.2, 0) is 6.18 Å². The molecule has 2 heterocycles. The Kier molecular flexibility index (Phi) is 3.07. The molecule has 0 aliphatic rings. The summed E-state index contributed by atoms with van der Waals surface area (Å²) in [5.74, 6) is 0. The van der Waals surface area contributed by atoms with E-state index in [4.69, 9.17) is 5.73 Å². The van der Waals surface area contributed by atoms with Crippen molar-refractivity contribution < 1.29 is 13.2 Å². The SMILES string of the molecule is NC(c1cncnc1)c1cnc(C(F)(F)F)s1. The third kappa shape index (κ3) is 2.59. The molecule has 2 rings (SSSR count). The highest BCUT2D eigenvalue weighted by atomic mass is 32.1. The van der Waals surface area contributed by atoms with Gasteiger partial charge >= 0.3 is 6.18 Å². The lowest BCUT2D eigenvalue weighted by Gasteiger charge is -2.07. The lowest BCUT2D eigenvalue weighted by Crippen LogP contribution is -2.10. The standard InChI is InChI=1S/C9H7F3N4S/c10-9(11,12)8-16-3-6(17-8)7(13)5-1-14-4-15-2-5/h1-4,7H,13H2. The first-order valence-electron chi connectivity index (χ1n) is 4.52. The van der Waals surface area contributed by atoms with Gasteiger partial charge in [-0.15, -0.1) is 11.3 Å². The largest absolute Gasteiger partial charge is 0.443 e. The fourth-order valence-electron chi connectivity index (χ4n) is 1.20. The minimum atomic E-state index is -4.43. The molecule has 90 valence electrons. The molecule has 0 aliphatic heterocycles. The van der Waals surface area contributed by atoms with Gasteiger partial charge < -0.3 is 5.73 Å². The van der Waals surface area contributed by atoms with E-state index < -0.39 is 17.2 Å². The molecule has 0 saturated heterocycles. The zero-order valence-electron chi connectivity index (χ0n) is 8.35. The van der Waals surface area contributed by atoms with Crippen LogP contribution in [0.5, 0.6) is 0 Å². The van der Waals surface area contributed by atoms with E-state index >= 15 is 0 Å². The lowest BCUT2D eigenvalue weighted by atomic mass is 10.1. The summed E-state index contributed by atoms with van der Waals surface area (Å²) in [6.45, 7) is 0. The van der Waals surface area contributed by atoms with E-state index in [9.17, 15) is 13.2 Å². The number of nitrogens with zero attached hydrogens (tertiary/aromatic N) is 3. The van der Waals surface area contributed by atoms with Gasteiger partial charge in [0.25, 0.3) is 0 Å². The van der Waals surface area contributed by atoms with Crippen LogP contribution in [0.25, 0.3) is 0 Å². The van der Waals surface area contributed by atoms with Gasteiger partial charge in [0.15, 0.2) is 5.01 Å². The van der Waals surface area contributed by atoms with Crippen molar-refractivity contribution in [3.8, 4) is 0 Å². The van der Waals surface area contributed by atoms with Crippen molar-refractivity contribution in [2.45, 2.75) is 12.2 Å². The number of rotatable bonds is 2. The molecule has 0 aromatic carbocycles. The van der Waals surface area contributed by atoms with E-state index in [0.29, 0.717) is 21.8 Å². The summed E-state index contributed by atoms with van der Waals surface area (Å²) in [7, 11) is 0. The Morgan fingerprint density at radius 2 is 1.82 bits per heavy atom. The molecule has 2 aromatic rings. The summed E-state index contributed by atoms with van der Waals surface area (Å²) >= 11 is 0.526. The molecule has 0 aliphatic carbocycles. The molecule has 2 N–H and O–H groups in total. The smallest absolute Gasteiger partial charge is 0.319 e. The molecule has 0 radical (unpaired) electrons. The Hall–Kier alpha value is -1.54. The monoisotopic (exact) mass is 260 g/mol. The van der Waals surface area contributed by atoms with Crippen molar-refractivity contribution in [3.63, 3.8) is 0 Å². The van der Waals surface area contributed by atoms with Crippen LogP contribution in [0.15, 0.2) is 24.9 Å². The van der Waals surface area contributed by atoms with Crippen molar-refractivity contribution in [2.75, 3.05) is 0 Å². The van der Waals surface area contributed by atoms with Crippen molar-refractivity contribution >= 4 is 11.3 Å². The number of aromatic nitrogens is 3. The predicted molar refractivity (Wildman–Crippen MR) is 55.2 cm³/mol. The van der Waals surface area contributed by atoms with Gasteiger partial charge in [0.05, 0.1) is 6.04 Å². The van der Waals surface area contributed by atoms with Crippen molar-refractivity contribution in [1.82, 2.24) is 15.0 Å². The third-order valence-electron chi connectivity index (χ3n) is 2.01. The van der Waals surface area contributed by atoms with Crippen LogP contribution in [0, 0.1) is 0 Å². The van der Waals surface area contributed by atoms with Gasteiger partial charge in [0.1, 0.15) is 6.33 Å². The number of hydrogen-bond acceptors (Lipinski definition) is 5. The molecule has 0 saturated carbocycles. The van der Waals surface area contributed by atoms with E-state index in [1.807, 2.05) is 0 Å². The molecule has 0 amide bonds. The predicted octanol–water partition coefficient (Wildman–Crippen LogP) is 2.00. The highest BCUT2D eigenvalue weighted by Crippen LogP contribution is 2.34. The highest BCUT2D eigenvalue weighted by Gasteiger charge is 2.35. The average molecular weight is 260 g/mol. The van der Waals surface area contributed by atoms with Crippen LogP contribution in [0.1, 0.15) is 21.5 Å². The molecule has 4 nitrogen and oxygen atoms in total. The number of hydrogen-bond donors (Lipinski definition) is 1. The average Bonchev–Trinajstić information content (AvgIpc) is 2.78. The second-order valence-corrected chi connectivity index (χ2v) is 4.28. The zero-order valence-corrected chi connectivity index (χ0v) is 9.16. The Labute approximate surface area is 98.4 Å². The van der Waals surface area contributed by atoms with Crippen LogP contribution >= 0.6 is 11.3 Å². The van der Waals surface area contributed by atoms with Crippen LogP contribution in [0.4, 0.5) is 13.2 Å². The molecule has 1 atom stereocenters. The summed E-state index contributed by atoms with van der Waals surface area (Å²) in [6.07, 6.45) is 0.945. The van der Waals surface area contributed by atoms with E-state index in [2.05, 4.69) is 15.0 Å². The molecule has 2 aromatic heterocycles. The van der Waals surface area contributed by atoms with Crippen LogP contribution < -0.4 is 5.73 Å². The summed E-state index contributed by atoms with van der Waals surface area (Å²) in [5.41, 5.74) is 6.34. The van der Waals surface area contributed by atoms with E-state index in [1.165, 1.54) is 18.7 Å². The highest BCUT2D eigenvalue weighted by molar-refractivity contribution is 7.11. The fourth-order valence-corrected chi connectivity index (χ4v) is 2.01. The van der Waals surface area contributed by atoms with Gasteiger partial charge in [-0.2, -0.15) is 13.2 Å². The van der Waals surface area contributed by atoms with E-state index in [1.54, 1.807) is 0 Å². The topological polar surface area (TPSA) is 64.7 Å². The van der Waals surface area contributed by atoms with Crippen LogP contribution in [0.2, 0.25) is 0 Å². The summed E-state index contributed by atoms with van der Waals surface area (Å²) in [4.78, 5) is 11.1. The number of nitrogens with two attached hydrogens (primary N) is 1. The van der Waals surface area contributed by atoms with Crippen molar-refractivity contribution in [2.24, 2.45) is 5.73 Å². The number of alkyl halides is 3. The quantitative estimate of drug-likeness (QED) is 0.897. The normalized spacial score (nSPS) is 13.6. The van der Waals surface area contributed by atoms with Gasteiger partial charge in [0.2, 0.25) is 0 Å². The molecule has 17 heavy (non-hydrogen) atoms. The maximum Gasteiger partial charge on any atom is 0.443 e. The Morgan fingerprint density at radius 1 is 1.18 bits per heavy atom. The summed E-state index contributed by atoms with van der Waals surface area (Å²) in [6, 6.07) is -0.690. The molecule has 0 fully saturated rings. The molecular formula is C9H7F3N4S. The second-order valence-electron chi connectivity index (χ2n) is 3.22. The van der Waals surface area contributed by atoms with Crippen LogP contribution in [-0.4, -0.2) is 15.0 Å². The molecule has 0 spiro atoms. The Bertz CT molecular complexity index is 496. The van der Waals surface area contributed by atoms with E-state index in [-0.39, 0.29) is 0 Å². The van der Waals surface area contributed by atoms with Gasteiger partial charge in [-0.05, 0) is 0 Å². The Balaban J connectivity index is 2.27. The summed E-state index contributed by atoms with van der Waals surface area (Å²) < 4.78 is 37.0. The van der Waals surface area contributed by atoms with Gasteiger partial charge in [0, 0.05) is 29.0 Å². The fraction of sp³-hybridized carbons (Fsp3) is 0.222.